The van der Waals surface area contributed by atoms with Crippen molar-refractivity contribution < 1.29 is 38.2 Å². The maximum Gasteiger partial charge on any atom is 0.408 e. The van der Waals surface area contributed by atoms with E-state index in [0.29, 0.717) is 0 Å². The summed E-state index contributed by atoms with van der Waals surface area (Å²) in [4.78, 5) is 34.5. The molecule has 0 saturated heterocycles. The van der Waals surface area contributed by atoms with Crippen LogP contribution in [0.15, 0.2) is 12.1 Å². The van der Waals surface area contributed by atoms with Crippen LogP contribution in [0.1, 0.15) is 20.8 Å². The quantitative estimate of drug-likeness (QED) is 0.395. The first-order valence-corrected chi connectivity index (χ1v) is 8.13. The Balaban J connectivity index is 3.04. The minimum absolute atomic E-state index is 0.137. The molecule has 0 radical (unpaired) electrons. The highest BCUT2D eigenvalue weighted by Crippen LogP contribution is 2.39. The van der Waals surface area contributed by atoms with Crippen LogP contribution in [0.2, 0.25) is 0 Å². The molecule has 1 N–H and O–H groups in total. The highest BCUT2D eigenvalue weighted by atomic mass is 16.6. The van der Waals surface area contributed by atoms with E-state index in [0.717, 1.165) is 13.2 Å². The number of hydrogen-bond donors (Lipinski definition) is 1. The second-order valence-corrected chi connectivity index (χ2v) is 6.47. The highest BCUT2D eigenvalue weighted by Gasteiger charge is 2.28. The number of ether oxygens (including phenoxy) is 5. The van der Waals surface area contributed by atoms with E-state index < -0.39 is 40.9 Å². The first-order valence-electron chi connectivity index (χ1n) is 8.13. The van der Waals surface area contributed by atoms with Gasteiger partial charge in [-0.2, -0.15) is 0 Å². The zero-order valence-electron chi connectivity index (χ0n) is 16.6. The van der Waals surface area contributed by atoms with E-state index in [-0.39, 0.29) is 17.2 Å². The number of nitro groups is 1. The molecule has 0 aliphatic rings. The van der Waals surface area contributed by atoms with Gasteiger partial charge in [0.25, 0.3) is 0 Å². The Labute approximate surface area is 162 Å². The van der Waals surface area contributed by atoms with Gasteiger partial charge in [-0.15, -0.1) is 0 Å². The lowest BCUT2D eigenvalue weighted by Crippen LogP contribution is -2.47. The number of carbonyl (C=O) groups excluding carboxylic acids is 2. The van der Waals surface area contributed by atoms with Crippen molar-refractivity contribution in [1.29, 1.82) is 0 Å². The van der Waals surface area contributed by atoms with Gasteiger partial charge in [0.15, 0.2) is 17.5 Å². The number of hydrogen-bond acceptors (Lipinski definition) is 9. The van der Waals surface area contributed by atoms with Gasteiger partial charge in [0.1, 0.15) is 12.2 Å². The van der Waals surface area contributed by atoms with E-state index in [1.807, 2.05) is 0 Å². The molecule has 11 heteroatoms. The maximum atomic E-state index is 11.9. The van der Waals surface area contributed by atoms with Crippen molar-refractivity contribution in [2.75, 3.05) is 27.9 Å². The van der Waals surface area contributed by atoms with E-state index in [9.17, 15) is 19.7 Å². The Morgan fingerprint density at radius 1 is 1.11 bits per heavy atom. The Bertz CT molecular complexity index is 728. The van der Waals surface area contributed by atoms with E-state index in [1.165, 1.54) is 20.3 Å². The molecule has 0 aromatic heterocycles. The number of esters is 1. The van der Waals surface area contributed by atoms with E-state index in [1.54, 1.807) is 20.8 Å². The van der Waals surface area contributed by atoms with Crippen LogP contribution in [0.25, 0.3) is 0 Å². The Hall–Kier alpha value is -3.24. The lowest BCUT2D eigenvalue weighted by Gasteiger charge is -2.22. The van der Waals surface area contributed by atoms with Gasteiger partial charge in [-0.1, -0.05) is 0 Å². The van der Waals surface area contributed by atoms with Gasteiger partial charge in [-0.05, 0) is 20.8 Å². The third kappa shape index (κ3) is 6.49. The topological polar surface area (TPSA) is 135 Å². The summed E-state index contributed by atoms with van der Waals surface area (Å²) < 4.78 is 25.2. The van der Waals surface area contributed by atoms with E-state index in [4.69, 9.17) is 18.9 Å². The van der Waals surface area contributed by atoms with Crippen LogP contribution < -0.4 is 19.5 Å². The van der Waals surface area contributed by atoms with E-state index in [2.05, 4.69) is 10.1 Å². The molecule has 11 nitrogen and oxygen atoms in total. The lowest BCUT2D eigenvalue weighted by molar-refractivity contribution is -0.386. The first kappa shape index (κ1) is 22.8. The number of amides is 1. The molecule has 0 heterocycles. The molecule has 1 amide bonds. The first-order chi connectivity index (χ1) is 13.0. The number of rotatable bonds is 8. The molecule has 0 aliphatic carbocycles. The highest BCUT2D eigenvalue weighted by molar-refractivity contribution is 5.81. The number of benzene rings is 1. The fourth-order valence-corrected chi connectivity index (χ4v) is 2.04. The largest absolute Gasteiger partial charge is 0.493 e. The third-order valence-corrected chi connectivity index (χ3v) is 3.24. The van der Waals surface area contributed by atoms with Crippen LogP contribution in [0, 0.1) is 10.1 Å². The summed E-state index contributed by atoms with van der Waals surface area (Å²) >= 11 is 0. The smallest absolute Gasteiger partial charge is 0.408 e. The molecular weight excluding hydrogens is 376 g/mol. The molecule has 1 aromatic rings. The zero-order valence-corrected chi connectivity index (χ0v) is 16.6. The normalized spacial score (nSPS) is 11.8. The van der Waals surface area contributed by atoms with Gasteiger partial charge < -0.3 is 29.0 Å². The third-order valence-electron chi connectivity index (χ3n) is 3.24. The average molecular weight is 400 g/mol. The van der Waals surface area contributed by atoms with Crippen LogP contribution in [0.3, 0.4) is 0 Å². The Morgan fingerprint density at radius 3 is 2.14 bits per heavy atom. The number of nitrogens with zero attached hydrogens (tertiary/aromatic N) is 1. The number of nitro benzene ring substituents is 1. The fraction of sp³-hybridized carbons (Fsp3) is 0.529. The number of carbonyl (C=O) groups is 2. The van der Waals surface area contributed by atoms with Crippen LogP contribution in [-0.2, 0) is 14.3 Å². The predicted octanol–water partition coefficient (Wildman–Crippen LogP) is 2.06. The molecule has 1 atom stereocenters. The summed E-state index contributed by atoms with van der Waals surface area (Å²) in [7, 11) is 3.82. The summed E-state index contributed by atoms with van der Waals surface area (Å²) in [6.45, 7) is 4.53. The molecule has 0 spiro atoms. The zero-order chi connectivity index (χ0) is 21.5. The minimum atomic E-state index is -1.26. The second-order valence-electron chi connectivity index (χ2n) is 6.47. The summed E-state index contributed by atoms with van der Waals surface area (Å²) in [6.07, 6.45) is -0.867. The molecule has 0 saturated carbocycles. The van der Waals surface area contributed by atoms with Crippen molar-refractivity contribution in [3.05, 3.63) is 22.2 Å². The van der Waals surface area contributed by atoms with Crippen molar-refractivity contribution in [3.8, 4) is 17.2 Å². The summed E-state index contributed by atoms with van der Waals surface area (Å²) in [5.74, 6) is -0.660. The van der Waals surface area contributed by atoms with Crippen LogP contribution >= 0.6 is 0 Å². The van der Waals surface area contributed by atoms with Crippen LogP contribution in [0.4, 0.5) is 10.5 Å². The summed E-state index contributed by atoms with van der Waals surface area (Å²) in [6, 6.07) is 1.12. The van der Waals surface area contributed by atoms with Crippen molar-refractivity contribution in [2.45, 2.75) is 32.4 Å². The van der Waals surface area contributed by atoms with Crippen molar-refractivity contribution >= 4 is 17.7 Å². The summed E-state index contributed by atoms with van der Waals surface area (Å²) in [5, 5.41) is 13.6. The van der Waals surface area contributed by atoms with Gasteiger partial charge >= 0.3 is 17.7 Å². The molecular formula is C17H24N2O9. The molecule has 1 unspecified atom stereocenters. The van der Waals surface area contributed by atoms with Crippen LogP contribution in [-0.4, -0.2) is 56.6 Å². The van der Waals surface area contributed by atoms with E-state index >= 15 is 0 Å². The summed E-state index contributed by atoms with van der Waals surface area (Å²) in [5.41, 5.74) is -1.19. The average Bonchev–Trinajstić information content (AvgIpc) is 2.61. The van der Waals surface area contributed by atoms with Gasteiger partial charge in [0.2, 0.25) is 5.75 Å². The van der Waals surface area contributed by atoms with Gasteiger partial charge in [0.05, 0.1) is 32.3 Å². The van der Waals surface area contributed by atoms with Crippen molar-refractivity contribution in [3.63, 3.8) is 0 Å². The molecule has 0 bridgehead atoms. The molecule has 156 valence electrons. The minimum Gasteiger partial charge on any atom is -0.493 e. The molecule has 0 fully saturated rings. The Morgan fingerprint density at radius 2 is 1.68 bits per heavy atom. The second kappa shape index (κ2) is 9.62. The molecule has 1 aromatic carbocycles. The van der Waals surface area contributed by atoms with Gasteiger partial charge in [-0.3, -0.25) is 10.1 Å². The molecule has 1 rings (SSSR count). The van der Waals surface area contributed by atoms with Gasteiger partial charge in [-0.25, -0.2) is 9.59 Å². The standard InChI is InChI=1S/C17H24N2O9/c1-17(2,3)28-16(21)18-10(15(20)26-6)9-27-12-8-14(25-5)13(24-4)7-11(12)19(22)23/h7-8,10H,9H2,1-6H3,(H,18,21). The number of nitrogens with one attached hydrogen (secondary N) is 1. The number of alkyl carbamates (subject to hydrolysis) is 1. The van der Waals surface area contributed by atoms with Gasteiger partial charge in [0, 0.05) is 6.07 Å². The number of methoxy groups -OCH3 is 3. The van der Waals surface area contributed by atoms with Crippen molar-refractivity contribution in [2.24, 2.45) is 0 Å². The fourth-order valence-electron chi connectivity index (χ4n) is 2.04. The Kier molecular flexibility index (Phi) is 7.84. The van der Waals surface area contributed by atoms with Crippen LogP contribution in [0.5, 0.6) is 17.2 Å². The van der Waals surface area contributed by atoms with Crippen molar-refractivity contribution in [1.82, 2.24) is 5.32 Å². The molecule has 0 aliphatic heterocycles. The SMILES string of the molecule is COC(=O)C(COc1cc(OC)c(OC)cc1[N+](=O)[O-])NC(=O)OC(C)(C)C. The monoisotopic (exact) mass is 400 g/mol. The lowest BCUT2D eigenvalue weighted by atomic mass is 10.2. The molecule has 28 heavy (non-hydrogen) atoms. The maximum absolute atomic E-state index is 11.9. The predicted molar refractivity (Wildman–Crippen MR) is 96.9 cm³/mol.